The first-order valence-electron chi connectivity index (χ1n) is 8.87. The molecule has 0 radical (unpaired) electrons. The molecule has 0 atom stereocenters. The van der Waals surface area contributed by atoms with Crippen LogP contribution >= 0.6 is 11.6 Å². The number of ether oxygens (including phenoxy) is 1. The topological polar surface area (TPSA) is 88.1 Å². The summed E-state index contributed by atoms with van der Waals surface area (Å²) < 4.78 is 31.2. The summed E-state index contributed by atoms with van der Waals surface area (Å²) in [6, 6.07) is 11.9. The van der Waals surface area contributed by atoms with E-state index in [1.807, 2.05) is 24.3 Å². The molecule has 156 valence electrons. The standard InChI is InChI=1S/C20H24ClN3O4S/c1-14(2)16-7-5-15(6-8-16)12-22-23-20(25)13-24(3)29(26,27)17-9-10-19(28-4)18(21)11-17/h5-12,14H,13H2,1-4H3,(H,23,25). The number of rotatable bonds is 8. The summed E-state index contributed by atoms with van der Waals surface area (Å²) in [5.74, 6) is 0.228. The number of likely N-dealkylation sites (N-methyl/N-ethyl adjacent to an activating group) is 1. The van der Waals surface area contributed by atoms with Crippen LogP contribution in [0, 0.1) is 0 Å². The summed E-state index contributed by atoms with van der Waals surface area (Å²) >= 11 is 5.99. The minimum Gasteiger partial charge on any atom is -0.495 e. The second-order valence-electron chi connectivity index (χ2n) is 6.67. The van der Waals surface area contributed by atoms with E-state index in [-0.39, 0.29) is 9.92 Å². The number of nitrogens with zero attached hydrogens (tertiary/aromatic N) is 2. The van der Waals surface area contributed by atoms with Crippen molar-refractivity contribution in [1.82, 2.24) is 9.73 Å². The van der Waals surface area contributed by atoms with Crippen molar-refractivity contribution in [3.8, 4) is 5.75 Å². The molecule has 0 aliphatic rings. The van der Waals surface area contributed by atoms with Crippen LogP contribution in [0.25, 0.3) is 0 Å². The van der Waals surface area contributed by atoms with Gasteiger partial charge in [-0.2, -0.15) is 9.41 Å². The quantitative estimate of drug-likeness (QED) is 0.507. The molecule has 0 aliphatic carbocycles. The Morgan fingerprint density at radius 3 is 2.45 bits per heavy atom. The predicted molar refractivity (Wildman–Crippen MR) is 114 cm³/mol. The molecule has 1 amide bonds. The van der Waals surface area contributed by atoms with E-state index < -0.39 is 22.5 Å². The second kappa shape index (κ2) is 9.87. The van der Waals surface area contributed by atoms with Crippen LogP contribution in [0.5, 0.6) is 5.75 Å². The fourth-order valence-electron chi connectivity index (χ4n) is 2.46. The van der Waals surface area contributed by atoms with Crippen LogP contribution in [0.4, 0.5) is 0 Å². The van der Waals surface area contributed by atoms with Gasteiger partial charge in [0.25, 0.3) is 5.91 Å². The third-order valence-corrected chi connectivity index (χ3v) is 6.30. The lowest BCUT2D eigenvalue weighted by Gasteiger charge is -2.16. The Kier molecular flexibility index (Phi) is 7.78. The van der Waals surface area contributed by atoms with E-state index in [2.05, 4.69) is 24.4 Å². The summed E-state index contributed by atoms with van der Waals surface area (Å²) in [5.41, 5.74) is 4.36. The molecule has 0 aliphatic heterocycles. The van der Waals surface area contributed by atoms with Crippen LogP contribution in [0.1, 0.15) is 30.9 Å². The Morgan fingerprint density at radius 1 is 1.24 bits per heavy atom. The highest BCUT2D eigenvalue weighted by atomic mass is 35.5. The number of amides is 1. The van der Waals surface area contributed by atoms with Gasteiger partial charge in [0.1, 0.15) is 5.75 Å². The molecule has 0 unspecified atom stereocenters. The molecule has 0 fully saturated rings. The number of benzene rings is 2. The third-order valence-electron chi connectivity index (χ3n) is 4.20. The lowest BCUT2D eigenvalue weighted by Crippen LogP contribution is -2.36. The number of carbonyl (C=O) groups is 1. The molecular weight excluding hydrogens is 414 g/mol. The molecule has 0 saturated heterocycles. The average molecular weight is 438 g/mol. The van der Waals surface area contributed by atoms with Gasteiger partial charge in [-0.15, -0.1) is 0 Å². The number of hydrazone groups is 1. The summed E-state index contributed by atoms with van der Waals surface area (Å²) in [6.07, 6.45) is 1.50. The van der Waals surface area contributed by atoms with Crippen molar-refractivity contribution in [3.63, 3.8) is 0 Å². The maximum Gasteiger partial charge on any atom is 0.255 e. The average Bonchev–Trinajstić information content (AvgIpc) is 2.68. The zero-order valence-corrected chi connectivity index (χ0v) is 18.3. The number of carbonyl (C=O) groups excluding carboxylic acids is 1. The summed E-state index contributed by atoms with van der Waals surface area (Å²) in [4.78, 5) is 12.0. The maximum atomic E-state index is 12.6. The molecule has 2 aromatic carbocycles. The molecule has 2 aromatic rings. The summed E-state index contributed by atoms with van der Waals surface area (Å²) in [6.45, 7) is 3.82. The Labute approximate surface area is 176 Å². The SMILES string of the molecule is COc1ccc(S(=O)(=O)N(C)CC(=O)NN=Cc2ccc(C(C)C)cc2)cc1Cl. The highest BCUT2D eigenvalue weighted by molar-refractivity contribution is 7.89. The first kappa shape index (κ1) is 22.9. The number of methoxy groups -OCH3 is 1. The Morgan fingerprint density at radius 2 is 1.90 bits per heavy atom. The van der Waals surface area contributed by atoms with Crippen LogP contribution in [-0.2, 0) is 14.8 Å². The minimum absolute atomic E-state index is 0.0349. The van der Waals surface area contributed by atoms with Crippen molar-refractivity contribution in [2.24, 2.45) is 5.10 Å². The van der Waals surface area contributed by atoms with Crippen molar-refractivity contribution >= 4 is 33.7 Å². The van der Waals surface area contributed by atoms with Crippen LogP contribution in [0.15, 0.2) is 52.5 Å². The van der Waals surface area contributed by atoms with Crippen LogP contribution in [0.2, 0.25) is 5.02 Å². The molecular formula is C20H24ClN3O4S. The predicted octanol–water partition coefficient (Wildman–Crippen LogP) is 3.24. The number of sulfonamides is 1. The van der Waals surface area contributed by atoms with Gasteiger partial charge in [0.05, 0.1) is 29.8 Å². The molecule has 1 N–H and O–H groups in total. The Bertz CT molecular complexity index is 989. The first-order valence-corrected chi connectivity index (χ1v) is 10.7. The number of hydrogen-bond donors (Lipinski definition) is 1. The zero-order chi connectivity index (χ0) is 21.6. The van der Waals surface area contributed by atoms with E-state index in [1.165, 1.54) is 44.1 Å². The number of nitrogens with one attached hydrogen (secondary N) is 1. The lowest BCUT2D eigenvalue weighted by molar-refractivity contribution is -0.121. The summed E-state index contributed by atoms with van der Waals surface area (Å²) in [7, 11) is -1.15. The minimum atomic E-state index is -3.89. The van der Waals surface area contributed by atoms with Crippen LogP contribution in [0.3, 0.4) is 0 Å². The van der Waals surface area contributed by atoms with E-state index in [0.29, 0.717) is 11.7 Å². The van der Waals surface area contributed by atoms with Gasteiger partial charge < -0.3 is 4.74 Å². The van der Waals surface area contributed by atoms with Gasteiger partial charge in [-0.25, -0.2) is 13.8 Å². The molecule has 7 nitrogen and oxygen atoms in total. The van der Waals surface area contributed by atoms with Gasteiger partial charge in [-0.05, 0) is 35.2 Å². The van der Waals surface area contributed by atoms with Crippen molar-refractivity contribution in [2.45, 2.75) is 24.7 Å². The fourth-order valence-corrected chi connectivity index (χ4v) is 3.93. The highest BCUT2D eigenvalue weighted by Crippen LogP contribution is 2.28. The van der Waals surface area contributed by atoms with Gasteiger partial charge in [-0.1, -0.05) is 49.7 Å². The van der Waals surface area contributed by atoms with E-state index in [1.54, 1.807) is 0 Å². The largest absolute Gasteiger partial charge is 0.495 e. The van der Waals surface area contributed by atoms with Gasteiger partial charge in [0, 0.05) is 7.05 Å². The Balaban J connectivity index is 1.97. The van der Waals surface area contributed by atoms with E-state index in [4.69, 9.17) is 16.3 Å². The van der Waals surface area contributed by atoms with Crippen LogP contribution in [-0.4, -0.2) is 45.5 Å². The number of halogens is 1. The molecule has 0 bridgehead atoms. The monoisotopic (exact) mass is 437 g/mol. The van der Waals surface area contributed by atoms with Crippen molar-refractivity contribution < 1.29 is 17.9 Å². The Hall–Kier alpha value is -2.42. The van der Waals surface area contributed by atoms with Gasteiger partial charge in [0.2, 0.25) is 10.0 Å². The van der Waals surface area contributed by atoms with Crippen molar-refractivity contribution in [1.29, 1.82) is 0 Å². The lowest BCUT2D eigenvalue weighted by atomic mass is 10.0. The number of hydrogen-bond acceptors (Lipinski definition) is 5. The van der Waals surface area contributed by atoms with Crippen molar-refractivity contribution in [3.05, 3.63) is 58.6 Å². The summed E-state index contributed by atoms with van der Waals surface area (Å²) in [5, 5.41) is 4.04. The van der Waals surface area contributed by atoms with Gasteiger partial charge in [-0.3, -0.25) is 4.79 Å². The maximum absolute atomic E-state index is 12.6. The normalized spacial score (nSPS) is 12.0. The van der Waals surface area contributed by atoms with E-state index in [9.17, 15) is 13.2 Å². The third kappa shape index (κ3) is 6.03. The smallest absolute Gasteiger partial charge is 0.255 e. The van der Waals surface area contributed by atoms with E-state index in [0.717, 1.165) is 9.87 Å². The highest BCUT2D eigenvalue weighted by Gasteiger charge is 2.23. The molecule has 9 heteroatoms. The first-order chi connectivity index (χ1) is 13.6. The second-order valence-corrected chi connectivity index (χ2v) is 9.12. The molecule has 0 saturated carbocycles. The van der Waals surface area contributed by atoms with Gasteiger partial charge in [0.15, 0.2) is 0 Å². The van der Waals surface area contributed by atoms with E-state index >= 15 is 0 Å². The zero-order valence-electron chi connectivity index (χ0n) is 16.7. The molecule has 0 aromatic heterocycles. The fraction of sp³-hybridized carbons (Fsp3) is 0.300. The molecule has 0 spiro atoms. The van der Waals surface area contributed by atoms with Crippen LogP contribution < -0.4 is 10.2 Å². The van der Waals surface area contributed by atoms with Gasteiger partial charge >= 0.3 is 0 Å². The van der Waals surface area contributed by atoms with Crippen molar-refractivity contribution in [2.75, 3.05) is 20.7 Å². The molecule has 0 heterocycles. The molecule has 2 rings (SSSR count). The molecule has 29 heavy (non-hydrogen) atoms.